The first-order valence-corrected chi connectivity index (χ1v) is 6.95. The van der Waals surface area contributed by atoms with Gasteiger partial charge in [0.15, 0.2) is 0 Å². The van der Waals surface area contributed by atoms with E-state index in [2.05, 4.69) is 35.9 Å². The number of rotatable bonds is 4. The standard InChI is InChI=1S/C14H17N3S/c1-10(2)14-16-12(15)8-13(17-14)18-9-11-6-4-3-5-7-11/h3-8,10H,9H2,1-2H3,(H2,15,16,17). The molecule has 18 heavy (non-hydrogen) atoms. The second kappa shape index (κ2) is 5.87. The molecule has 0 saturated carbocycles. The fourth-order valence-corrected chi connectivity index (χ4v) is 2.39. The summed E-state index contributed by atoms with van der Waals surface area (Å²) >= 11 is 1.69. The van der Waals surface area contributed by atoms with Crippen molar-refractivity contribution in [2.75, 3.05) is 5.73 Å². The molecule has 1 aromatic carbocycles. The number of hydrogen-bond acceptors (Lipinski definition) is 4. The minimum Gasteiger partial charge on any atom is -0.384 e. The molecule has 0 aliphatic carbocycles. The quantitative estimate of drug-likeness (QED) is 0.674. The Morgan fingerprint density at radius 1 is 1.17 bits per heavy atom. The highest BCUT2D eigenvalue weighted by Gasteiger charge is 2.07. The van der Waals surface area contributed by atoms with Gasteiger partial charge in [0.1, 0.15) is 16.7 Å². The van der Waals surface area contributed by atoms with Gasteiger partial charge in [-0.2, -0.15) is 0 Å². The number of nitrogen functional groups attached to an aromatic ring is 1. The van der Waals surface area contributed by atoms with Crippen LogP contribution in [0.3, 0.4) is 0 Å². The normalized spacial score (nSPS) is 10.8. The number of benzene rings is 1. The van der Waals surface area contributed by atoms with Gasteiger partial charge in [0.2, 0.25) is 0 Å². The number of anilines is 1. The van der Waals surface area contributed by atoms with E-state index in [-0.39, 0.29) is 0 Å². The molecule has 0 bridgehead atoms. The lowest BCUT2D eigenvalue weighted by Crippen LogP contribution is -2.02. The van der Waals surface area contributed by atoms with E-state index < -0.39 is 0 Å². The van der Waals surface area contributed by atoms with Gasteiger partial charge in [-0.25, -0.2) is 9.97 Å². The van der Waals surface area contributed by atoms with E-state index in [0.717, 1.165) is 16.6 Å². The maximum Gasteiger partial charge on any atom is 0.134 e. The van der Waals surface area contributed by atoms with Crippen LogP contribution >= 0.6 is 11.8 Å². The van der Waals surface area contributed by atoms with Gasteiger partial charge in [-0.1, -0.05) is 44.2 Å². The molecule has 1 heterocycles. The first kappa shape index (κ1) is 12.9. The SMILES string of the molecule is CC(C)c1nc(N)cc(SCc2ccccc2)n1. The summed E-state index contributed by atoms with van der Waals surface area (Å²) in [5.74, 6) is 2.55. The highest BCUT2D eigenvalue weighted by atomic mass is 32.2. The van der Waals surface area contributed by atoms with E-state index in [4.69, 9.17) is 5.73 Å². The Hall–Kier alpha value is -1.55. The Morgan fingerprint density at radius 2 is 1.89 bits per heavy atom. The smallest absolute Gasteiger partial charge is 0.134 e. The largest absolute Gasteiger partial charge is 0.384 e. The Labute approximate surface area is 112 Å². The predicted octanol–water partition coefficient (Wildman–Crippen LogP) is 3.47. The van der Waals surface area contributed by atoms with E-state index in [9.17, 15) is 0 Å². The Balaban J connectivity index is 2.10. The molecule has 2 rings (SSSR count). The molecule has 0 saturated heterocycles. The monoisotopic (exact) mass is 259 g/mol. The molecule has 0 aliphatic heterocycles. The minimum atomic E-state index is 0.296. The van der Waals surface area contributed by atoms with Crippen molar-refractivity contribution in [3.8, 4) is 0 Å². The fraction of sp³-hybridized carbons (Fsp3) is 0.286. The van der Waals surface area contributed by atoms with Crippen molar-refractivity contribution in [2.45, 2.75) is 30.5 Å². The predicted molar refractivity (Wildman–Crippen MR) is 76.5 cm³/mol. The van der Waals surface area contributed by atoms with E-state index in [1.54, 1.807) is 11.8 Å². The molecule has 3 nitrogen and oxygen atoms in total. The third kappa shape index (κ3) is 3.47. The zero-order valence-electron chi connectivity index (χ0n) is 10.6. The van der Waals surface area contributed by atoms with E-state index in [1.165, 1.54) is 5.56 Å². The number of nitrogens with zero attached hydrogens (tertiary/aromatic N) is 2. The van der Waals surface area contributed by atoms with Crippen LogP contribution in [0.2, 0.25) is 0 Å². The van der Waals surface area contributed by atoms with Gasteiger partial charge in [0.25, 0.3) is 0 Å². The lowest BCUT2D eigenvalue weighted by atomic mass is 10.2. The number of aromatic nitrogens is 2. The van der Waals surface area contributed by atoms with E-state index >= 15 is 0 Å². The van der Waals surface area contributed by atoms with Gasteiger partial charge in [-0.3, -0.25) is 0 Å². The van der Waals surface area contributed by atoms with E-state index in [1.807, 2.05) is 24.3 Å². The molecular formula is C14H17N3S. The lowest BCUT2D eigenvalue weighted by Gasteiger charge is -2.07. The molecule has 0 amide bonds. The van der Waals surface area contributed by atoms with Crippen LogP contribution in [0.5, 0.6) is 0 Å². The minimum absolute atomic E-state index is 0.296. The second-order valence-electron chi connectivity index (χ2n) is 4.42. The summed E-state index contributed by atoms with van der Waals surface area (Å²) in [6.07, 6.45) is 0. The topological polar surface area (TPSA) is 51.8 Å². The van der Waals surface area contributed by atoms with Crippen molar-refractivity contribution in [3.05, 3.63) is 47.8 Å². The van der Waals surface area contributed by atoms with Gasteiger partial charge in [0.05, 0.1) is 0 Å². The van der Waals surface area contributed by atoms with Crippen LogP contribution in [0.15, 0.2) is 41.4 Å². The average molecular weight is 259 g/mol. The molecule has 2 aromatic rings. The van der Waals surface area contributed by atoms with Gasteiger partial charge in [-0.05, 0) is 5.56 Å². The van der Waals surface area contributed by atoms with Crippen molar-refractivity contribution < 1.29 is 0 Å². The molecule has 94 valence electrons. The highest BCUT2D eigenvalue weighted by Crippen LogP contribution is 2.23. The average Bonchev–Trinajstić information content (AvgIpc) is 2.37. The molecular weight excluding hydrogens is 242 g/mol. The van der Waals surface area contributed by atoms with Crippen LogP contribution in [-0.2, 0) is 5.75 Å². The molecule has 1 aromatic heterocycles. The number of thioether (sulfide) groups is 1. The van der Waals surface area contributed by atoms with Crippen molar-refractivity contribution >= 4 is 17.6 Å². The highest BCUT2D eigenvalue weighted by molar-refractivity contribution is 7.98. The van der Waals surface area contributed by atoms with Crippen molar-refractivity contribution in [3.63, 3.8) is 0 Å². The van der Waals surface area contributed by atoms with Crippen molar-refractivity contribution in [1.29, 1.82) is 0 Å². The van der Waals surface area contributed by atoms with Crippen LogP contribution in [0, 0.1) is 0 Å². The van der Waals surface area contributed by atoms with E-state index in [0.29, 0.717) is 11.7 Å². The molecule has 0 spiro atoms. The first-order valence-electron chi connectivity index (χ1n) is 5.96. The van der Waals surface area contributed by atoms with Crippen LogP contribution < -0.4 is 5.73 Å². The molecule has 2 N–H and O–H groups in total. The molecule has 0 fully saturated rings. The van der Waals surface area contributed by atoms with Crippen LogP contribution in [0.25, 0.3) is 0 Å². The summed E-state index contributed by atoms with van der Waals surface area (Å²) in [5.41, 5.74) is 7.08. The summed E-state index contributed by atoms with van der Waals surface area (Å²) in [4.78, 5) is 8.76. The fourth-order valence-electron chi connectivity index (χ4n) is 1.52. The van der Waals surface area contributed by atoms with Crippen LogP contribution in [0.4, 0.5) is 5.82 Å². The van der Waals surface area contributed by atoms with Gasteiger partial charge in [-0.15, -0.1) is 11.8 Å². The Morgan fingerprint density at radius 3 is 2.56 bits per heavy atom. The van der Waals surface area contributed by atoms with Crippen LogP contribution in [-0.4, -0.2) is 9.97 Å². The summed E-state index contributed by atoms with van der Waals surface area (Å²) in [5, 5.41) is 0.940. The third-order valence-corrected chi connectivity index (χ3v) is 3.47. The molecule has 0 aliphatic rings. The molecule has 0 radical (unpaired) electrons. The zero-order valence-corrected chi connectivity index (χ0v) is 11.4. The maximum atomic E-state index is 5.80. The maximum absolute atomic E-state index is 5.80. The van der Waals surface area contributed by atoms with Gasteiger partial charge >= 0.3 is 0 Å². The number of hydrogen-bond donors (Lipinski definition) is 1. The second-order valence-corrected chi connectivity index (χ2v) is 5.41. The summed E-state index contributed by atoms with van der Waals surface area (Å²) < 4.78 is 0. The first-order chi connectivity index (χ1) is 8.65. The van der Waals surface area contributed by atoms with Crippen molar-refractivity contribution in [2.24, 2.45) is 0 Å². The summed E-state index contributed by atoms with van der Waals surface area (Å²) in [6, 6.07) is 12.2. The van der Waals surface area contributed by atoms with Gasteiger partial charge in [0, 0.05) is 17.7 Å². The Kier molecular flexibility index (Phi) is 4.20. The summed E-state index contributed by atoms with van der Waals surface area (Å²) in [7, 11) is 0. The molecule has 0 unspecified atom stereocenters. The number of nitrogens with two attached hydrogens (primary N) is 1. The lowest BCUT2D eigenvalue weighted by molar-refractivity contribution is 0.756. The zero-order chi connectivity index (χ0) is 13.0. The van der Waals surface area contributed by atoms with Crippen LogP contribution in [0.1, 0.15) is 31.2 Å². The third-order valence-electron chi connectivity index (χ3n) is 2.49. The van der Waals surface area contributed by atoms with Gasteiger partial charge < -0.3 is 5.73 Å². The van der Waals surface area contributed by atoms with Crippen molar-refractivity contribution in [1.82, 2.24) is 9.97 Å². The Bertz CT molecular complexity index is 512. The molecule has 4 heteroatoms. The molecule has 0 atom stereocenters. The summed E-state index contributed by atoms with van der Waals surface area (Å²) in [6.45, 7) is 4.14.